The number of nitrogens with one attached hydrogen (secondary N) is 1. The lowest BCUT2D eigenvalue weighted by Crippen LogP contribution is -2.12. The fraction of sp³-hybridized carbons (Fsp3) is 0.111. The Bertz CT molecular complexity index is 1490. The Morgan fingerprint density at radius 2 is 1.59 bits per heavy atom. The van der Waals surface area contributed by atoms with Crippen molar-refractivity contribution < 1.29 is 23.4 Å². The number of fused-ring (bicyclic) bond motifs is 2. The molecule has 1 amide bonds. The topological polar surface area (TPSA) is 82.8 Å². The molecule has 0 unspecified atom stereocenters. The summed E-state index contributed by atoms with van der Waals surface area (Å²) in [7, 11) is 4.52. The number of aromatic nitrogens is 1. The van der Waals surface area contributed by atoms with Crippen LogP contribution in [-0.4, -0.2) is 32.2 Å². The van der Waals surface area contributed by atoms with Crippen molar-refractivity contribution in [3.05, 3.63) is 78.4 Å². The van der Waals surface area contributed by atoms with Gasteiger partial charge < -0.3 is 23.9 Å². The van der Waals surface area contributed by atoms with Gasteiger partial charge in [-0.2, -0.15) is 0 Å². The van der Waals surface area contributed by atoms with Crippen molar-refractivity contribution in [1.82, 2.24) is 4.98 Å². The van der Waals surface area contributed by atoms with E-state index in [2.05, 4.69) is 22.4 Å². The molecule has 5 aromatic rings. The number of methoxy groups -OCH3 is 3. The van der Waals surface area contributed by atoms with E-state index in [1.807, 2.05) is 30.3 Å². The second-order valence-corrected chi connectivity index (χ2v) is 7.60. The van der Waals surface area contributed by atoms with Crippen LogP contribution in [0.25, 0.3) is 33.3 Å². The van der Waals surface area contributed by atoms with Gasteiger partial charge in [0.1, 0.15) is 5.52 Å². The Labute approximate surface area is 195 Å². The molecule has 0 aliphatic carbocycles. The van der Waals surface area contributed by atoms with E-state index >= 15 is 0 Å². The summed E-state index contributed by atoms with van der Waals surface area (Å²) < 4.78 is 22.0. The number of amides is 1. The molecule has 5 rings (SSSR count). The minimum atomic E-state index is -0.323. The highest BCUT2D eigenvalue weighted by molar-refractivity contribution is 6.06. The summed E-state index contributed by atoms with van der Waals surface area (Å²) in [5.74, 6) is 1.43. The number of carbonyl (C=O) groups excluding carboxylic acids is 1. The minimum Gasteiger partial charge on any atom is -0.493 e. The van der Waals surface area contributed by atoms with Gasteiger partial charge in [-0.05, 0) is 47.2 Å². The minimum absolute atomic E-state index is 0.323. The maximum Gasteiger partial charge on any atom is 0.255 e. The zero-order valence-electron chi connectivity index (χ0n) is 18.9. The molecule has 0 saturated heterocycles. The molecule has 0 saturated carbocycles. The van der Waals surface area contributed by atoms with Crippen molar-refractivity contribution in [1.29, 1.82) is 0 Å². The number of rotatable bonds is 6. The Kier molecular flexibility index (Phi) is 5.51. The molecule has 0 fully saturated rings. The molecular formula is C27H22N2O5. The monoisotopic (exact) mass is 454 g/mol. The van der Waals surface area contributed by atoms with Crippen molar-refractivity contribution in [3.63, 3.8) is 0 Å². The second-order valence-electron chi connectivity index (χ2n) is 7.60. The first-order chi connectivity index (χ1) is 16.6. The summed E-state index contributed by atoms with van der Waals surface area (Å²) in [5.41, 5.74) is 3.15. The summed E-state index contributed by atoms with van der Waals surface area (Å²) in [6.45, 7) is 0. The van der Waals surface area contributed by atoms with Gasteiger partial charge in [-0.3, -0.25) is 4.79 Å². The van der Waals surface area contributed by atoms with Crippen LogP contribution in [0.3, 0.4) is 0 Å². The summed E-state index contributed by atoms with van der Waals surface area (Å²) in [6.07, 6.45) is 0. The standard InChI is InChI=1S/C27H22N2O5/c1-31-23-13-17(14-24(32-2)25(23)33-3)26(30)28-18-11-12-22-21(15-18)29-27(34-22)20-10-6-8-16-7-4-5-9-19(16)20/h4-15H,1-3H3,(H,28,30). The van der Waals surface area contributed by atoms with Crippen molar-refractivity contribution >= 4 is 33.5 Å². The van der Waals surface area contributed by atoms with E-state index in [9.17, 15) is 4.79 Å². The van der Waals surface area contributed by atoms with Crippen LogP contribution in [0.4, 0.5) is 5.69 Å². The first-order valence-electron chi connectivity index (χ1n) is 10.6. The average Bonchev–Trinajstić information content (AvgIpc) is 3.30. The van der Waals surface area contributed by atoms with E-state index in [1.165, 1.54) is 21.3 Å². The lowest BCUT2D eigenvalue weighted by atomic mass is 10.0. The number of oxazole rings is 1. The number of carbonyl (C=O) groups is 1. The summed E-state index contributed by atoms with van der Waals surface area (Å²) in [5, 5.41) is 5.07. The Balaban J connectivity index is 1.46. The van der Waals surface area contributed by atoms with Crippen LogP contribution in [0, 0.1) is 0 Å². The third-order valence-corrected chi connectivity index (χ3v) is 5.59. The molecule has 34 heavy (non-hydrogen) atoms. The van der Waals surface area contributed by atoms with Gasteiger partial charge in [-0.1, -0.05) is 36.4 Å². The second kappa shape index (κ2) is 8.78. The fourth-order valence-electron chi connectivity index (χ4n) is 3.95. The first kappa shape index (κ1) is 21.3. The Morgan fingerprint density at radius 1 is 0.853 bits per heavy atom. The van der Waals surface area contributed by atoms with Crippen molar-refractivity contribution in [2.75, 3.05) is 26.6 Å². The fourth-order valence-corrected chi connectivity index (χ4v) is 3.95. The van der Waals surface area contributed by atoms with Crippen LogP contribution < -0.4 is 19.5 Å². The number of anilines is 1. The molecular weight excluding hydrogens is 432 g/mol. The van der Waals surface area contributed by atoms with Crippen LogP contribution in [0.1, 0.15) is 10.4 Å². The molecule has 1 N–H and O–H groups in total. The molecule has 0 aliphatic rings. The quantitative estimate of drug-likeness (QED) is 0.343. The van der Waals surface area contributed by atoms with Gasteiger partial charge in [-0.15, -0.1) is 0 Å². The number of nitrogens with zero attached hydrogens (tertiary/aromatic N) is 1. The van der Waals surface area contributed by atoms with Crippen LogP contribution in [-0.2, 0) is 0 Å². The van der Waals surface area contributed by atoms with E-state index in [-0.39, 0.29) is 5.91 Å². The van der Waals surface area contributed by atoms with E-state index in [1.54, 1.807) is 30.3 Å². The van der Waals surface area contributed by atoms with E-state index < -0.39 is 0 Å². The predicted molar refractivity (Wildman–Crippen MR) is 131 cm³/mol. The normalized spacial score (nSPS) is 10.9. The van der Waals surface area contributed by atoms with Gasteiger partial charge in [0.15, 0.2) is 17.1 Å². The molecule has 170 valence electrons. The van der Waals surface area contributed by atoms with Gasteiger partial charge in [0.25, 0.3) is 5.91 Å². The van der Waals surface area contributed by atoms with Gasteiger partial charge in [0.2, 0.25) is 11.6 Å². The van der Waals surface area contributed by atoms with Crippen molar-refractivity contribution in [3.8, 4) is 28.7 Å². The number of hydrogen-bond donors (Lipinski definition) is 1. The van der Waals surface area contributed by atoms with Gasteiger partial charge in [0, 0.05) is 16.8 Å². The van der Waals surface area contributed by atoms with Crippen molar-refractivity contribution in [2.45, 2.75) is 0 Å². The molecule has 0 aliphatic heterocycles. The van der Waals surface area contributed by atoms with Gasteiger partial charge in [0.05, 0.1) is 21.3 Å². The first-order valence-corrected chi connectivity index (χ1v) is 10.6. The Hall–Kier alpha value is -4.52. The molecule has 7 nitrogen and oxygen atoms in total. The predicted octanol–water partition coefficient (Wildman–Crippen LogP) is 5.93. The molecule has 7 heteroatoms. The maximum absolute atomic E-state index is 13.0. The number of benzene rings is 4. The van der Waals surface area contributed by atoms with Crippen LogP contribution >= 0.6 is 0 Å². The van der Waals surface area contributed by atoms with Gasteiger partial charge >= 0.3 is 0 Å². The zero-order chi connectivity index (χ0) is 23.7. The Morgan fingerprint density at radius 3 is 2.32 bits per heavy atom. The SMILES string of the molecule is COc1cc(C(=O)Nc2ccc3oc(-c4cccc5ccccc45)nc3c2)cc(OC)c1OC. The lowest BCUT2D eigenvalue weighted by Gasteiger charge is -2.14. The molecule has 0 spiro atoms. The molecule has 4 aromatic carbocycles. The molecule has 0 radical (unpaired) electrons. The largest absolute Gasteiger partial charge is 0.493 e. The summed E-state index contributed by atoms with van der Waals surface area (Å²) in [4.78, 5) is 17.6. The van der Waals surface area contributed by atoms with E-state index in [4.69, 9.17) is 18.6 Å². The highest BCUT2D eigenvalue weighted by Gasteiger charge is 2.18. The zero-order valence-corrected chi connectivity index (χ0v) is 18.9. The van der Waals surface area contributed by atoms with E-state index in [0.717, 1.165) is 16.3 Å². The number of hydrogen-bond acceptors (Lipinski definition) is 6. The van der Waals surface area contributed by atoms with Crippen molar-refractivity contribution in [2.24, 2.45) is 0 Å². The highest BCUT2D eigenvalue weighted by atomic mass is 16.5. The highest BCUT2D eigenvalue weighted by Crippen LogP contribution is 2.38. The molecule has 1 heterocycles. The molecule has 0 bridgehead atoms. The van der Waals surface area contributed by atoms with Crippen LogP contribution in [0.5, 0.6) is 17.2 Å². The van der Waals surface area contributed by atoms with Gasteiger partial charge in [-0.25, -0.2) is 4.98 Å². The maximum atomic E-state index is 13.0. The third kappa shape index (κ3) is 3.77. The van der Waals surface area contributed by atoms with Crippen LogP contribution in [0.2, 0.25) is 0 Å². The molecule has 1 aromatic heterocycles. The number of ether oxygens (including phenoxy) is 3. The van der Waals surface area contributed by atoms with Crippen LogP contribution in [0.15, 0.2) is 77.2 Å². The van der Waals surface area contributed by atoms with E-state index in [0.29, 0.717) is 45.5 Å². The lowest BCUT2D eigenvalue weighted by molar-refractivity contribution is 0.102. The summed E-state index contributed by atoms with van der Waals surface area (Å²) >= 11 is 0. The summed E-state index contributed by atoms with van der Waals surface area (Å²) in [6, 6.07) is 22.7. The average molecular weight is 454 g/mol. The third-order valence-electron chi connectivity index (χ3n) is 5.59. The molecule has 0 atom stereocenters. The smallest absolute Gasteiger partial charge is 0.255 e.